The number of rotatable bonds is 5. The first-order valence-electron chi connectivity index (χ1n) is 6.59. The summed E-state index contributed by atoms with van der Waals surface area (Å²) in [5.41, 5.74) is 1.84. The number of phenols is 1. The normalized spacial score (nSPS) is 11.5. The van der Waals surface area contributed by atoms with Crippen molar-refractivity contribution in [2.45, 2.75) is 6.04 Å². The minimum Gasteiger partial charge on any atom is -0.508 e. The van der Waals surface area contributed by atoms with Crippen molar-refractivity contribution in [2.75, 3.05) is 12.4 Å². The lowest BCUT2D eigenvalue weighted by Gasteiger charge is -2.21. The Balaban J connectivity index is 2.32. The Morgan fingerprint density at radius 3 is 2.32 bits per heavy atom. The van der Waals surface area contributed by atoms with Crippen LogP contribution in [0.1, 0.15) is 11.6 Å². The minimum absolute atomic E-state index is 0.167. The summed E-state index contributed by atoms with van der Waals surface area (Å²) in [6, 6.07) is 13.2. The maximum Gasteiger partial charge on any atom is 0.335 e. The number of esters is 1. The van der Waals surface area contributed by atoms with Crippen LogP contribution >= 0.6 is 11.6 Å². The highest BCUT2D eigenvalue weighted by molar-refractivity contribution is 6.30. The number of benzene rings is 2. The lowest BCUT2D eigenvalue weighted by molar-refractivity contribution is -0.136. The van der Waals surface area contributed by atoms with E-state index in [1.807, 2.05) is 12.1 Å². The minimum atomic E-state index is -0.494. The number of anilines is 1. The Kier molecular flexibility index (Phi) is 5.07. The maximum atomic E-state index is 11.8. The lowest BCUT2D eigenvalue weighted by Crippen LogP contribution is -2.19. The number of carbonyl (C=O) groups excluding carboxylic acids is 1. The van der Waals surface area contributed by atoms with Gasteiger partial charge in [-0.05, 0) is 42.0 Å². The molecule has 0 amide bonds. The van der Waals surface area contributed by atoms with Crippen molar-refractivity contribution < 1.29 is 14.6 Å². The fourth-order valence-electron chi connectivity index (χ4n) is 2.00. The van der Waals surface area contributed by atoms with Crippen LogP contribution < -0.4 is 5.32 Å². The predicted octanol–water partition coefficient (Wildman–Crippen LogP) is 3.93. The van der Waals surface area contributed by atoms with Gasteiger partial charge in [0, 0.05) is 10.7 Å². The van der Waals surface area contributed by atoms with Crippen LogP contribution in [0, 0.1) is 0 Å². The van der Waals surface area contributed by atoms with Crippen molar-refractivity contribution in [1.29, 1.82) is 0 Å². The molecule has 0 spiro atoms. The van der Waals surface area contributed by atoms with Crippen molar-refractivity contribution in [2.24, 2.45) is 0 Å². The summed E-state index contributed by atoms with van der Waals surface area (Å²) < 4.78 is 4.75. The van der Waals surface area contributed by atoms with Crippen LogP contribution in [0.15, 0.2) is 60.7 Å². The van der Waals surface area contributed by atoms with Crippen LogP contribution in [-0.4, -0.2) is 18.2 Å². The predicted molar refractivity (Wildman–Crippen MR) is 87.1 cm³/mol. The van der Waals surface area contributed by atoms with Crippen molar-refractivity contribution in [3.05, 3.63) is 71.3 Å². The SMILES string of the molecule is C=C(C(=O)OC)C(Nc1ccc(O)cc1)c1ccc(Cl)cc1. The molecule has 114 valence electrons. The van der Waals surface area contributed by atoms with Crippen LogP contribution in [0.5, 0.6) is 5.75 Å². The molecule has 0 heterocycles. The number of methoxy groups -OCH3 is 1. The zero-order valence-electron chi connectivity index (χ0n) is 12.0. The van der Waals surface area contributed by atoms with Gasteiger partial charge in [-0.15, -0.1) is 0 Å². The van der Waals surface area contributed by atoms with E-state index in [0.29, 0.717) is 5.02 Å². The van der Waals surface area contributed by atoms with E-state index in [2.05, 4.69) is 11.9 Å². The molecule has 1 unspecified atom stereocenters. The van der Waals surface area contributed by atoms with Crippen LogP contribution in [0.3, 0.4) is 0 Å². The second-order valence-corrected chi connectivity index (χ2v) is 5.13. The fraction of sp³-hybridized carbons (Fsp3) is 0.118. The van der Waals surface area contributed by atoms with Gasteiger partial charge in [-0.2, -0.15) is 0 Å². The van der Waals surface area contributed by atoms with E-state index >= 15 is 0 Å². The second-order valence-electron chi connectivity index (χ2n) is 4.69. The molecule has 0 aromatic heterocycles. The smallest absolute Gasteiger partial charge is 0.335 e. The number of halogens is 1. The van der Waals surface area contributed by atoms with Gasteiger partial charge in [0.05, 0.1) is 18.7 Å². The Morgan fingerprint density at radius 2 is 1.77 bits per heavy atom. The van der Waals surface area contributed by atoms with E-state index in [1.54, 1.807) is 36.4 Å². The van der Waals surface area contributed by atoms with Crippen LogP contribution in [0.2, 0.25) is 5.02 Å². The third kappa shape index (κ3) is 3.80. The van der Waals surface area contributed by atoms with Gasteiger partial charge in [0.2, 0.25) is 0 Å². The summed E-state index contributed by atoms with van der Waals surface area (Å²) in [7, 11) is 1.31. The quantitative estimate of drug-likeness (QED) is 0.498. The molecule has 0 aliphatic rings. The molecular formula is C17H16ClNO3. The number of hydrogen-bond acceptors (Lipinski definition) is 4. The summed E-state index contributed by atoms with van der Waals surface area (Å²) in [5.74, 6) is -0.327. The van der Waals surface area contributed by atoms with Gasteiger partial charge >= 0.3 is 5.97 Å². The van der Waals surface area contributed by atoms with Gasteiger partial charge in [-0.25, -0.2) is 4.79 Å². The highest BCUT2D eigenvalue weighted by atomic mass is 35.5. The average molecular weight is 318 g/mol. The van der Waals surface area contributed by atoms with Crippen molar-refractivity contribution in [3.8, 4) is 5.75 Å². The molecule has 0 radical (unpaired) electrons. The first-order chi connectivity index (χ1) is 10.5. The number of nitrogens with one attached hydrogen (secondary N) is 1. The third-order valence-electron chi connectivity index (χ3n) is 3.18. The van der Waals surface area contributed by atoms with E-state index in [9.17, 15) is 9.90 Å². The summed E-state index contributed by atoms with van der Waals surface area (Å²) in [4.78, 5) is 11.8. The molecule has 5 heteroatoms. The van der Waals surface area contributed by atoms with Gasteiger partial charge in [-0.3, -0.25) is 0 Å². The Labute approximate surface area is 134 Å². The van der Waals surface area contributed by atoms with Crippen LogP contribution in [-0.2, 0) is 9.53 Å². The number of hydrogen-bond donors (Lipinski definition) is 2. The number of carbonyl (C=O) groups is 1. The third-order valence-corrected chi connectivity index (χ3v) is 3.43. The molecule has 0 aliphatic heterocycles. The zero-order chi connectivity index (χ0) is 16.1. The summed E-state index contributed by atoms with van der Waals surface area (Å²) in [5, 5.41) is 13.1. The van der Waals surface area contributed by atoms with Gasteiger partial charge in [0.1, 0.15) is 5.75 Å². The number of aromatic hydroxyl groups is 1. The molecule has 22 heavy (non-hydrogen) atoms. The number of phenolic OH excluding ortho intramolecular Hbond substituents is 1. The van der Waals surface area contributed by atoms with E-state index < -0.39 is 12.0 Å². The molecule has 2 rings (SSSR count). The average Bonchev–Trinajstić information content (AvgIpc) is 2.54. The molecule has 2 aromatic rings. The monoisotopic (exact) mass is 317 g/mol. The molecule has 0 aliphatic carbocycles. The lowest BCUT2D eigenvalue weighted by atomic mass is 9.99. The molecule has 0 fully saturated rings. The van der Waals surface area contributed by atoms with E-state index in [1.165, 1.54) is 7.11 Å². The largest absolute Gasteiger partial charge is 0.508 e. The van der Waals surface area contributed by atoms with E-state index in [-0.39, 0.29) is 11.3 Å². The highest BCUT2D eigenvalue weighted by Crippen LogP contribution is 2.28. The van der Waals surface area contributed by atoms with Crippen LogP contribution in [0.4, 0.5) is 5.69 Å². The molecular weight excluding hydrogens is 302 g/mol. The van der Waals surface area contributed by atoms with Gasteiger partial charge in [0.25, 0.3) is 0 Å². The first kappa shape index (κ1) is 15.9. The van der Waals surface area contributed by atoms with Gasteiger partial charge < -0.3 is 15.2 Å². The molecule has 0 saturated heterocycles. The molecule has 2 aromatic carbocycles. The van der Waals surface area contributed by atoms with Crippen molar-refractivity contribution in [3.63, 3.8) is 0 Å². The molecule has 0 saturated carbocycles. The summed E-state index contributed by atoms with van der Waals surface area (Å²) >= 11 is 5.90. The standard InChI is InChI=1S/C17H16ClNO3/c1-11(17(21)22-2)16(12-3-5-13(18)6-4-12)19-14-7-9-15(20)10-8-14/h3-10,16,19-20H,1H2,2H3. The molecule has 1 atom stereocenters. The highest BCUT2D eigenvalue weighted by Gasteiger charge is 2.21. The molecule has 0 bridgehead atoms. The van der Waals surface area contributed by atoms with Crippen molar-refractivity contribution >= 4 is 23.3 Å². The van der Waals surface area contributed by atoms with E-state index in [0.717, 1.165) is 11.3 Å². The topological polar surface area (TPSA) is 58.6 Å². The Bertz CT molecular complexity index is 665. The fourth-order valence-corrected chi connectivity index (χ4v) is 2.13. The summed E-state index contributed by atoms with van der Waals surface area (Å²) in [6.45, 7) is 3.82. The molecule has 2 N–H and O–H groups in total. The Hall–Kier alpha value is -2.46. The second kappa shape index (κ2) is 7.00. The zero-order valence-corrected chi connectivity index (χ0v) is 12.8. The van der Waals surface area contributed by atoms with Crippen LogP contribution in [0.25, 0.3) is 0 Å². The molecule has 4 nitrogen and oxygen atoms in total. The van der Waals surface area contributed by atoms with Gasteiger partial charge in [-0.1, -0.05) is 30.3 Å². The maximum absolute atomic E-state index is 11.8. The summed E-state index contributed by atoms with van der Waals surface area (Å²) in [6.07, 6.45) is 0. The first-order valence-corrected chi connectivity index (χ1v) is 6.97. The Morgan fingerprint density at radius 1 is 1.18 bits per heavy atom. The van der Waals surface area contributed by atoms with E-state index in [4.69, 9.17) is 16.3 Å². The van der Waals surface area contributed by atoms with Crippen molar-refractivity contribution in [1.82, 2.24) is 0 Å². The number of ether oxygens (including phenoxy) is 1. The van der Waals surface area contributed by atoms with Gasteiger partial charge in [0.15, 0.2) is 0 Å².